The summed E-state index contributed by atoms with van der Waals surface area (Å²) >= 11 is 0. The van der Waals surface area contributed by atoms with Crippen LogP contribution in [0, 0.1) is 18.8 Å². The fraction of sp³-hybridized carbons (Fsp3) is 0.235. The maximum Gasteiger partial charge on any atom is 0.407 e. The van der Waals surface area contributed by atoms with Gasteiger partial charge in [-0.05, 0) is 24.5 Å². The van der Waals surface area contributed by atoms with Crippen molar-refractivity contribution in [2.75, 3.05) is 6.54 Å². The van der Waals surface area contributed by atoms with E-state index in [1.807, 2.05) is 43.3 Å². The third-order valence-electron chi connectivity index (χ3n) is 2.73. The average Bonchev–Trinajstić information content (AvgIpc) is 2.54. The van der Waals surface area contributed by atoms with Crippen LogP contribution in [0.1, 0.15) is 23.5 Å². The Balaban J connectivity index is 1.65. The molecule has 0 aliphatic rings. The topological polar surface area (TPSA) is 64.1 Å². The van der Waals surface area contributed by atoms with Crippen LogP contribution >= 0.6 is 0 Å². The van der Waals surface area contributed by atoms with Gasteiger partial charge in [0.05, 0.1) is 0 Å². The van der Waals surface area contributed by atoms with Crippen LogP contribution in [-0.4, -0.2) is 22.6 Å². The molecule has 0 aliphatic carbocycles. The summed E-state index contributed by atoms with van der Waals surface area (Å²) in [7, 11) is 0. The summed E-state index contributed by atoms with van der Waals surface area (Å²) in [6, 6.07) is 11.3. The van der Waals surface area contributed by atoms with Crippen molar-refractivity contribution in [2.45, 2.75) is 20.0 Å². The molecular formula is C17H17N3O2. The zero-order valence-corrected chi connectivity index (χ0v) is 12.4. The molecule has 2 aromatic rings. The number of rotatable bonds is 4. The maximum atomic E-state index is 11.5. The summed E-state index contributed by atoms with van der Waals surface area (Å²) in [5.74, 6) is 6.26. The Hall–Kier alpha value is -2.87. The first-order chi connectivity index (χ1) is 10.7. The number of ether oxygens (including phenoxy) is 1. The van der Waals surface area contributed by atoms with Gasteiger partial charge in [0.25, 0.3) is 0 Å². The minimum atomic E-state index is -0.447. The van der Waals surface area contributed by atoms with Gasteiger partial charge in [0.15, 0.2) is 0 Å². The fourth-order valence-electron chi connectivity index (χ4n) is 1.65. The van der Waals surface area contributed by atoms with Crippen LogP contribution in [0.4, 0.5) is 4.79 Å². The second-order valence-corrected chi connectivity index (χ2v) is 4.56. The number of carbonyl (C=O) groups excluding carboxylic acids is 1. The molecule has 1 N–H and O–H groups in total. The average molecular weight is 295 g/mol. The number of aromatic nitrogens is 2. The molecule has 1 amide bonds. The van der Waals surface area contributed by atoms with Gasteiger partial charge in [-0.2, -0.15) is 0 Å². The van der Waals surface area contributed by atoms with Gasteiger partial charge >= 0.3 is 6.09 Å². The van der Waals surface area contributed by atoms with Crippen LogP contribution in [0.2, 0.25) is 0 Å². The Morgan fingerprint density at radius 3 is 2.86 bits per heavy atom. The van der Waals surface area contributed by atoms with Gasteiger partial charge in [-0.15, -0.1) is 0 Å². The molecule has 1 aromatic carbocycles. The summed E-state index contributed by atoms with van der Waals surface area (Å²) in [4.78, 5) is 19.7. The van der Waals surface area contributed by atoms with Crippen molar-refractivity contribution in [3.05, 3.63) is 59.7 Å². The molecule has 0 saturated heterocycles. The molecule has 0 unspecified atom stereocenters. The number of aryl methyl sites for hydroxylation is 1. The molecule has 2 rings (SSSR count). The van der Waals surface area contributed by atoms with E-state index in [2.05, 4.69) is 27.1 Å². The van der Waals surface area contributed by atoms with Crippen molar-refractivity contribution in [3.8, 4) is 11.8 Å². The first-order valence-electron chi connectivity index (χ1n) is 6.97. The van der Waals surface area contributed by atoms with Crippen molar-refractivity contribution in [1.82, 2.24) is 15.3 Å². The van der Waals surface area contributed by atoms with Gasteiger partial charge in [-0.1, -0.05) is 36.3 Å². The van der Waals surface area contributed by atoms with Crippen molar-refractivity contribution < 1.29 is 9.53 Å². The lowest BCUT2D eigenvalue weighted by Crippen LogP contribution is -2.24. The number of benzene rings is 1. The lowest BCUT2D eigenvalue weighted by atomic mass is 10.2. The van der Waals surface area contributed by atoms with E-state index >= 15 is 0 Å². The number of alkyl carbamates (subject to hydrolysis) is 1. The van der Waals surface area contributed by atoms with Gasteiger partial charge in [0.1, 0.15) is 6.61 Å². The van der Waals surface area contributed by atoms with Crippen LogP contribution in [0.5, 0.6) is 0 Å². The molecule has 22 heavy (non-hydrogen) atoms. The maximum absolute atomic E-state index is 11.5. The number of nitrogens with one attached hydrogen (secondary N) is 1. The highest BCUT2D eigenvalue weighted by atomic mass is 16.5. The van der Waals surface area contributed by atoms with Gasteiger partial charge in [-0.25, -0.2) is 14.8 Å². The molecule has 0 saturated carbocycles. The number of amides is 1. The van der Waals surface area contributed by atoms with Gasteiger partial charge in [-0.3, -0.25) is 0 Å². The predicted molar refractivity (Wildman–Crippen MR) is 82.9 cm³/mol. The van der Waals surface area contributed by atoms with Gasteiger partial charge < -0.3 is 10.1 Å². The van der Waals surface area contributed by atoms with E-state index < -0.39 is 6.09 Å². The van der Waals surface area contributed by atoms with Crippen molar-refractivity contribution >= 4 is 6.09 Å². The molecular weight excluding hydrogens is 278 g/mol. The highest BCUT2D eigenvalue weighted by molar-refractivity contribution is 5.67. The summed E-state index contributed by atoms with van der Waals surface area (Å²) < 4.78 is 5.09. The van der Waals surface area contributed by atoms with E-state index in [4.69, 9.17) is 4.74 Å². The molecule has 1 aromatic heterocycles. The van der Waals surface area contributed by atoms with Gasteiger partial charge in [0.2, 0.25) is 5.82 Å². The van der Waals surface area contributed by atoms with Crippen LogP contribution in [-0.2, 0) is 11.3 Å². The number of carbonyl (C=O) groups is 1. The largest absolute Gasteiger partial charge is 0.445 e. The molecule has 0 atom stereocenters. The molecule has 112 valence electrons. The number of hydrogen-bond acceptors (Lipinski definition) is 4. The van der Waals surface area contributed by atoms with E-state index in [9.17, 15) is 4.79 Å². The second kappa shape index (κ2) is 8.42. The quantitative estimate of drug-likeness (QED) is 0.695. The Kier molecular flexibility index (Phi) is 5.94. The Morgan fingerprint density at radius 2 is 2.09 bits per heavy atom. The molecule has 0 bridgehead atoms. The molecule has 5 nitrogen and oxygen atoms in total. The van der Waals surface area contributed by atoms with Crippen LogP contribution in [0.25, 0.3) is 0 Å². The first-order valence-corrected chi connectivity index (χ1v) is 6.97. The normalized spacial score (nSPS) is 9.50. The van der Waals surface area contributed by atoms with E-state index in [0.717, 1.165) is 11.3 Å². The predicted octanol–water partition coefficient (Wildman–Crippen LogP) is 2.45. The fourth-order valence-corrected chi connectivity index (χ4v) is 1.65. The third-order valence-corrected chi connectivity index (χ3v) is 2.73. The summed E-state index contributed by atoms with van der Waals surface area (Å²) in [6.07, 6.45) is 1.74. The third kappa shape index (κ3) is 5.63. The summed E-state index contributed by atoms with van der Waals surface area (Å²) in [5, 5.41) is 2.65. The van der Waals surface area contributed by atoms with E-state index in [0.29, 0.717) is 18.8 Å². The van der Waals surface area contributed by atoms with Crippen molar-refractivity contribution in [2.24, 2.45) is 0 Å². The zero-order valence-electron chi connectivity index (χ0n) is 12.4. The van der Waals surface area contributed by atoms with E-state index in [1.165, 1.54) is 0 Å². The summed E-state index contributed by atoms with van der Waals surface area (Å²) in [6.45, 7) is 2.57. The minimum Gasteiger partial charge on any atom is -0.445 e. The highest BCUT2D eigenvalue weighted by Gasteiger charge is 2.00. The smallest absolute Gasteiger partial charge is 0.407 e. The second-order valence-electron chi connectivity index (χ2n) is 4.56. The molecule has 0 fully saturated rings. The highest BCUT2D eigenvalue weighted by Crippen LogP contribution is 2.00. The molecule has 0 aliphatic heterocycles. The minimum absolute atomic E-state index is 0.259. The molecule has 1 heterocycles. The van der Waals surface area contributed by atoms with Crippen molar-refractivity contribution in [3.63, 3.8) is 0 Å². The van der Waals surface area contributed by atoms with Crippen LogP contribution in [0.3, 0.4) is 0 Å². The van der Waals surface area contributed by atoms with Crippen molar-refractivity contribution in [1.29, 1.82) is 0 Å². The first kappa shape index (κ1) is 15.5. The SMILES string of the molecule is Cc1ccnc(C#CCCNC(=O)OCc2ccccc2)n1. The molecule has 0 radical (unpaired) electrons. The Labute approximate surface area is 129 Å². The standard InChI is InChI=1S/C17H17N3O2/c1-14-10-12-18-16(20-14)9-5-6-11-19-17(21)22-13-15-7-3-2-4-8-15/h2-4,7-8,10,12H,6,11,13H2,1H3,(H,19,21). The van der Waals surface area contributed by atoms with Crippen LogP contribution < -0.4 is 5.32 Å². The van der Waals surface area contributed by atoms with E-state index in [1.54, 1.807) is 6.20 Å². The van der Waals surface area contributed by atoms with Gasteiger partial charge in [0, 0.05) is 24.9 Å². The molecule has 0 spiro atoms. The number of nitrogens with zero attached hydrogens (tertiary/aromatic N) is 2. The van der Waals surface area contributed by atoms with E-state index in [-0.39, 0.29) is 6.61 Å². The molecule has 5 heteroatoms. The lowest BCUT2D eigenvalue weighted by Gasteiger charge is -2.05. The number of hydrogen-bond donors (Lipinski definition) is 1. The lowest BCUT2D eigenvalue weighted by molar-refractivity contribution is 0.140. The Morgan fingerprint density at radius 1 is 1.27 bits per heavy atom. The summed E-state index contributed by atoms with van der Waals surface area (Å²) in [5.41, 5.74) is 1.83. The monoisotopic (exact) mass is 295 g/mol. The Bertz CT molecular complexity index is 675. The zero-order chi connectivity index (χ0) is 15.6. The van der Waals surface area contributed by atoms with Crippen LogP contribution in [0.15, 0.2) is 42.6 Å².